The summed E-state index contributed by atoms with van der Waals surface area (Å²) < 4.78 is 35.0. The summed E-state index contributed by atoms with van der Waals surface area (Å²) in [5.41, 5.74) is 1.47. The zero-order valence-corrected chi connectivity index (χ0v) is 28.4. The zero-order chi connectivity index (χ0) is 33.5. The number of allylic oxidation sites excluding steroid dienone is 1. The van der Waals surface area contributed by atoms with E-state index < -0.39 is 18.0 Å². The summed E-state index contributed by atoms with van der Waals surface area (Å²) in [5, 5.41) is 0.184. The lowest BCUT2D eigenvalue weighted by molar-refractivity contribution is -0.145. The van der Waals surface area contributed by atoms with E-state index in [-0.39, 0.29) is 47.8 Å². The van der Waals surface area contributed by atoms with Gasteiger partial charge in [0.1, 0.15) is 0 Å². The summed E-state index contributed by atoms with van der Waals surface area (Å²) in [6, 6.07) is 7.72. The number of hydrogen-bond acceptors (Lipinski definition) is 11. The van der Waals surface area contributed by atoms with Gasteiger partial charge in [0, 0.05) is 0 Å². The van der Waals surface area contributed by atoms with Crippen LogP contribution in [0.15, 0.2) is 51.4 Å². The number of fused-ring (bicyclic) bond motifs is 1. The molecule has 46 heavy (non-hydrogen) atoms. The molecule has 0 radical (unpaired) electrons. The van der Waals surface area contributed by atoms with Crippen LogP contribution < -0.4 is 33.8 Å². The molecule has 1 aromatic heterocycles. The van der Waals surface area contributed by atoms with Crippen LogP contribution in [-0.2, 0) is 19.1 Å². The Morgan fingerprint density at radius 2 is 1.76 bits per heavy atom. The van der Waals surface area contributed by atoms with Gasteiger partial charge in [-0.2, -0.15) is 0 Å². The van der Waals surface area contributed by atoms with Gasteiger partial charge in [0.2, 0.25) is 0 Å². The number of nitrogens with zero attached hydrogens (tertiary/aromatic N) is 2. The normalized spacial score (nSPS) is 14.5. The van der Waals surface area contributed by atoms with Crippen LogP contribution in [0.3, 0.4) is 0 Å². The Labute approximate surface area is 275 Å². The topological polar surface area (TPSA) is 124 Å². The van der Waals surface area contributed by atoms with Crippen LogP contribution in [0.5, 0.6) is 23.0 Å². The van der Waals surface area contributed by atoms with Crippen LogP contribution in [-0.4, -0.2) is 56.1 Å². The molecule has 0 spiro atoms. The summed E-state index contributed by atoms with van der Waals surface area (Å²) in [4.78, 5) is 44.3. The molecule has 0 saturated carbocycles. The number of benzene rings is 2. The van der Waals surface area contributed by atoms with Crippen molar-refractivity contribution in [2.24, 2.45) is 4.99 Å². The summed E-state index contributed by atoms with van der Waals surface area (Å²) in [6.45, 7) is 11.1. The Kier molecular flexibility index (Phi) is 11.5. The van der Waals surface area contributed by atoms with Gasteiger partial charge in [-0.05, 0) is 83.0 Å². The lowest BCUT2D eigenvalue weighted by atomic mass is 9.95. The van der Waals surface area contributed by atoms with Crippen molar-refractivity contribution in [2.75, 3.05) is 33.5 Å². The van der Waals surface area contributed by atoms with Gasteiger partial charge in [-0.25, -0.2) is 14.6 Å². The van der Waals surface area contributed by atoms with Gasteiger partial charge in [0.25, 0.3) is 5.56 Å². The van der Waals surface area contributed by atoms with E-state index in [9.17, 15) is 14.4 Å². The molecule has 2 heterocycles. The summed E-state index contributed by atoms with van der Waals surface area (Å²) in [5.74, 6) is 0.350. The first-order chi connectivity index (χ1) is 22.0. The average molecular weight is 673 g/mol. The molecule has 0 saturated heterocycles. The molecule has 2 aromatic carbocycles. The molecule has 4 rings (SSSR count). The Hall–Kier alpha value is -4.29. The second kappa shape index (κ2) is 15.3. The minimum absolute atomic E-state index is 0.0930. The molecular formula is C33H37ClN2O9S. The fraction of sp³-hybridized carbons (Fsp3) is 0.394. The summed E-state index contributed by atoms with van der Waals surface area (Å²) in [6.07, 6.45) is 1.57. The molecule has 0 amide bonds. The lowest BCUT2D eigenvalue weighted by Gasteiger charge is -2.25. The number of aromatic nitrogens is 1. The highest BCUT2D eigenvalue weighted by Gasteiger charge is 2.34. The quantitative estimate of drug-likeness (QED) is 0.240. The molecular weight excluding hydrogens is 636 g/mol. The smallest absolute Gasteiger partial charge is 0.344 e. The predicted molar refractivity (Wildman–Crippen MR) is 174 cm³/mol. The predicted octanol–water partition coefficient (Wildman–Crippen LogP) is 4.59. The van der Waals surface area contributed by atoms with Crippen LogP contribution in [0.25, 0.3) is 6.08 Å². The molecule has 246 valence electrons. The number of carbonyl (C=O) groups is 2. The first-order valence-corrected chi connectivity index (χ1v) is 16.0. The first-order valence-electron chi connectivity index (χ1n) is 14.8. The maximum absolute atomic E-state index is 14.1. The molecule has 1 aliphatic rings. The molecule has 11 nitrogen and oxygen atoms in total. The first kappa shape index (κ1) is 34.6. The third-order valence-electron chi connectivity index (χ3n) is 6.65. The number of esters is 2. The van der Waals surface area contributed by atoms with Gasteiger partial charge in [-0.1, -0.05) is 29.0 Å². The van der Waals surface area contributed by atoms with Gasteiger partial charge in [-0.3, -0.25) is 9.36 Å². The van der Waals surface area contributed by atoms with Crippen LogP contribution in [0.2, 0.25) is 5.02 Å². The minimum atomic E-state index is -0.847. The van der Waals surface area contributed by atoms with Crippen molar-refractivity contribution >= 4 is 41.0 Å². The van der Waals surface area contributed by atoms with Crippen molar-refractivity contribution < 1.29 is 38.0 Å². The standard InChI is InChI=1S/C33H37ClN2O9S/c1-8-41-25-14-20(13-22(34)30(25)44-17-27(37)42-9-2)15-26-31(38)36-29(21-11-12-23(45-18(4)5)24(16-21)40-7)28(32(39)43-10-3)19(6)35-33(36)46-26/h11-16,18,29H,8-10,17H2,1-7H3/b26-15-/t29-/m1/s1. The number of halogens is 1. The number of ether oxygens (including phenoxy) is 6. The Morgan fingerprint density at radius 1 is 1.02 bits per heavy atom. The third kappa shape index (κ3) is 7.56. The van der Waals surface area contributed by atoms with E-state index in [1.54, 1.807) is 64.1 Å². The monoisotopic (exact) mass is 672 g/mol. The molecule has 1 aliphatic heterocycles. The maximum Gasteiger partial charge on any atom is 0.344 e. The summed E-state index contributed by atoms with van der Waals surface area (Å²) in [7, 11) is 1.53. The van der Waals surface area contributed by atoms with Gasteiger partial charge in [0.15, 0.2) is 34.4 Å². The molecule has 13 heteroatoms. The van der Waals surface area contributed by atoms with E-state index >= 15 is 0 Å². The number of hydrogen-bond donors (Lipinski definition) is 0. The molecule has 3 aromatic rings. The Balaban J connectivity index is 1.86. The van der Waals surface area contributed by atoms with Gasteiger partial charge >= 0.3 is 11.9 Å². The van der Waals surface area contributed by atoms with Crippen molar-refractivity contribution in [3.05, 3.63) is 77.4 Å². The average Bonchev–Trinajstić information content (AvgIpc) is 3.30. The van der Waals surface area contributed by atoms with E-state index in [0.717, 1.165) is 0 Å². The van der Waals surface area contributed by atoms with Gasteiger partial charge in [-0.15, -0.1) is 0 Å². The number of rotatable bonds is 13. The second-order valence-electron chi connectivity index (χ2n) is 10.2. The lowest BCUT2D eigenvalue weighted by Crippen LogP contribution is -2.40. The van der Waals surface area contributed by atoms with Crippen molar-refractivity contribution in [1.82, 2.24) is 4.57 Å². The van der Waals surface area contributed by atoms with Crippen LogP contribution in [0, 0.1) is 0 Å². The van der Waals surface area contributed by atoms with Crippen LogP contribution in [0.1, 0.15) is 58.7 Å². The summed E-state index contributed by atoms with van der Waals surface area (Å²) >= 11 is 7.73. The third-order valence-corrected chi connectivity index (χ3v) is 7.92. The van der Waals surface area contributed by atoms with E-state index in [1.165, 1.54) is 23.0 Å². The number of carbonyl (C=O) groups excluding carboxylic acids is 2. The van der Waals surface area contributed by atoms with Crippen molar-refractivity contribution in [3.8, 4) is 23.0 Å². The largest absolute Gasteiger partial charge is 0.493 e. The van der Waals surface area contributed by atoms with E-state index in [1.807, 2.05) is 13.8 Å². The van der Waals surface area contributed by atoms with Gasteiger partial charge in [0.05, 0.1) is 59.9 Å². The molecule has 0 N–H and O–H groups in total. The Bertz CT molecular complexity index is 1830. The maximum atomic E-state index is 14.1. The second-order valence-corrected chi connectivity index (χ2v) is 11.7. The number of thiazole rings is 1. The van der Waals surface area contributed by atoms with E-state index in [2.05, 4.69) is 4.99 Å². The van der Waals surface area contributed by atoms with Crippen LogP contribution >= 0.6 is 22.9 Å². The highest BCUT2D eigenvalue weighted by Crippen LogP contribution is 2.38. The molecule has 0 unspecified atom stereocenters. The van der Waals surface area contributed by atoms with Gasteiger partial charge < -0.3 is 28.4 Å². The molecule has 0 bridgehead atoms. The van der Waals surface area contributed by atoms with Crippen LogP contribution in [0.4, 0.5) is 0 Å². The SMILES string of the molecule is CCOC(=O)COc1c(Cl)cc(/C=c2\sc3n(c2=O)[C@H](c2ccc(OC(C)C)c(OC)c2)C(C(=O)OCC)=C(C)N=3)cc1OCC. The zero-order valence-electron chi connectivity index (χ0n) is 26.8. The van der Waals surface area contributed by atoms with Crippen molar-refractivity contribution in [1.29, 1.82) is 0 Å². The van der Waals surface area contributed by atoms with E-state index in [4.69, 9.17) is 40.0 Å². The van der Waals surface area contributed by atoms with Crippen molar-refractivity contribution in [3.63, 3.8) is 0 Å². The highest BCUT2D eigenvalue weighted by atomic mass is 35.5. The number of methoxy groups -OCH3 is 1. The minimum Gasteiger partial charge on any atom is -0.493 e. The Morgan fingerprint density at radius 3 is 2.41 bits per heavy atom. The molecule has 0 aliphatic carbocycles. The van der Waals surface area contributed by atoms with E-state index in [0.29, 0.717) is 50.0 Å². The molecule has 1 atom stereocenters. The van der Waals surface area contributed by atoms with Crippen molar-refractivity contribution in [2.45, 2.75) is 53.7 Å². The fourth-order valence-corrected chi connectivity index (χ4v) is 6.19. The fourth-order valence-electron chi connectivity index (χ4n) is 4.87. The molecule has 0 fully saturated rings. The highest BCUT2D eigenvalue weighted by molar-refractivity contribution is 7.07.